The predicted molar refractivity (Wildman–Crippen MR) is 100 cm³/mol. The monoisotopic (exact) mass is 335 g/mol. The van der Waals surface area contributed by atoms with Crippen LogP contribution in [0.25, 0.3) is 0 Å². The molecule has 1 aliphatic carbocycles. The first-order chi connectivity index (χ1) is 12.3. The van der Waals surface area contributed by atoms with E-state index in [4.69, 9.17) is 0 Å². The molecule has 1 N–H and O–H groups in total. The van der Waals surface area contributed by atoms with Gasteiger partial charge in [-0.15, -0.1) is 0 Å². The molecule has 0 unspecified atom stereocenters. The lowest BCUT2D eigenvalue weighted by Crippen LogP contribution is -2.35. The van der Waals surface area contributed by atoms with E-state index in [-0.39, 0.29) is 5.91 Å². The van der Waals surface area contributed by atoms with E-state index < -0.39 is 0 Å². The van der Waals surface area contributed by atoms with Gasteiger partial charge in [0.1, 0.15) is 5.69 Å². The van der Waals surface area contributed by atoms with Gasteiger partial charge in [0, 0.05) is 30.2 Å². The molecule has 0 atom stereocenters. The summed E-state index contributed by atoms with van der Waals surface area (Å²) in [6, 6.07) is 12.7. The summed E-state index contributed by atoms with van der Waals surface area (Å²) < 4.78 is 0. The van der Waals surface area contributed by atoms with Crippen LogP contribution in [0.3, 0.4) is 0 Å². The van der Waals surface area contributed by atoms with E-state index in [0.717, 1.165) is 31.5 Å². The predicted octanol–water partition coefficient (Wildman–Crippen LogP) is 4.23. The molecule has 0 bridgehead atoms. The number of hydrogen-bond acceptors (Lipinski definition) is 3. The summed E-state index contributed by atoms with van der Waals surface area (Å²) in [7, 11) is 0. The molecule has 0 saturated heterocycles. The highest BCUT2D eigenvalue weighted by Crippen LogP contribution is 2.34. The van der Waals surface area contributed by atoms with E-state index in [2.05, 4.69) is 39.5 Å². The van der Waals surface area contributed by atoms with Gasteiger partial charge >= 0.3 is 0 Å². The molecule has 1 aromatic heterocycles. The van der Waals surface area contributed by atoms with E-state index in [9.17, 15) is 4.79 Å². The number of fused-ring (bicyclic) bond motifs is 1. The molecule has 1 amide bonds. The normalized spacial score (nSPS) is 17.8. The van der Waals surface area contributed by atoms with Gasteiger partial charge in [-0.1, -0.05) is 43.9 Å². The molecule has 1 aromatic carbocycles. The number of nitrogens with zero attached hydrogens (tertiary/aromatic N) is 2. The first-order valence-corrected chi connectivity index (χ1v) is 9.43. The Hall–Kier alpha value is -2.36. The Kier molecular flexibility index (Phi) is 4.68. The Morgan fingerprint density at radius 2 is 1.88 bits per heavy atom. The number of amides is 1. The summed E-state index contributed by atoms with van der Waals surface area (Å²) in [5.74, 6) is -0.0405. The highest BCUT2D eigenvalue weighted by molar-refractivity contribution is 5.93. The van der Waals surface area contributed by atoms with Crippen LogP contribution in [-0.2, 0) is 6.42 Å². The van der Waals surface area contributed by atoms with E-state index in [1.54, 1.807) is 6.20 Å². The van der Waals surface area contributed by atoms with Crippen LogP contribution in [0, 0.1) is 0 Å². The molecular weight excluding hydrogens is 310 g/mol. The van der Waals surface area contributed by atoms with Crippen molar-refractivity contribution in [2.75, 3.05) is 11.4 Å². The number of pyridine rings is 1. The van der Waals surface area contributed by atoms with Gasteiger partial charge in [0.25, 0.3) is 5.91 Å². The van der Waals surface area contributed by atoms with Gasteiger partial charge in [0.05, 0.1) is 0 Å². The highest BCUT2D eigenvalue weighted by Gasteiger charge is 2.22. The Morgan fingerprint density at radius 1 is 1.08 bits per heavy atom. The molecular formula is C21H25N3O. The van der Waals surface area contributed by atoms with Crippen molar-refractivity contribution >= 4 is 17.3 Å². The van der Waals surface area contributed by atoms with Crippen LogP contribution in [0.4, 0.5) is 11.4 Å². The van der Waals surface area contributed by atoms with Crippen molar-refractivity contribution in [1.29, 1.82) is 0 Å². The van der Waals surface area contributed by atoms with Gasteiger partial charge in [0.2, 0.25) is 0 Å². The van der Waals surface area contributed by atoms with Gasteiger partial charge in [-0.25, -0.2) is 0 Å². The molecule has 0 spiro atoms. The van der Waals surface area contributed by atoms with Crippen LogP contribution in [0.15, 0.2) is 42.6 Å². The molecule has 130 valence electrons. The minimum atomic E-state index is -0.0405. The lowest BCUT2D eigenvalue weighted by atomic mass is 10.1. The number of carbonyl (C=O) groups excluding carboxylic acids is 1. The summed E-state index contributed by atoms with van der Waals surface area (Å²) >= 11 is 0. The number of hydrogen-bond donors (Lipinski definition) is 1. The van der Waals surface area contributed by atoms with Crippen molar-refractivity contribution in [2.45, 2.75) is 51.0 Å². The van der Waals surface area contributed by atoms with E-state index in [0.29, 0.717) is 11.7 Å². The fourth-order valence-corrected chi connectivity index (χ4v) is 4.00. The second-order valence-electron chi connectivity index (χ2n) is 7.09. The molecule has 2 heterocycles. The average Bonchev–Trinajstić information content (AvgIpc) is 2.92. The standard InChI is InChI=1S/C21H25N3O/c25-21(23-17-8-3-1-2-4-9-17)19-15-18(11-13-22-19)24-14-12-16-7-5-6-10-20(16)24/h5-7,10-11,13,15,17H,1-4,8-9,12,14H2,(H,23,25). The second kappa shape index (κ2) is 7.26. The van der Waals surface area contributed by atoms with E-state index >= 15 is 0 Å². The highest BCUT2D eigenvalue weighted by atomic mass is 16.1. The van der Waals surface area contributed by atoms with Crippen LogP contribution in [-0.4, -0.2) is 23.5 Å². The Labute approximate surface area is 149 Å². The van der Waals surface area contributed by atoms with Gasteiger partial charge in [-0.2, -0.15) is 0 Å². The number of aromatic nitrogens is 1. The SMILES string of the molecule is O=C(NC1CCCCCC1)c1cc(N2CCc3ccccc32)ccn1. The maximum absolute atomic E-state index is 12.6. The van der Waals surface area contributed by atoms with Gasteiger partial charge in [-0.05, 0) is 43.0 Å². The quantitative estimate of drug-likeness (QED) is 0.854. The largest absolute Gasteiger partial charge is 0.348 e. The smallest absolute Gasteiger partial charge is 0.270 e. The van der Waals surface area contributed by atoms with Crippen molar-refractivity contribution < 1.29 is 4.79 Å². The summed E-state index contributed by atoms with van der Waals surface area (Å²) in [6.45, 7) is 0.951. The zero-order valence-corrected chi connectivity index (χ0v) is 14.6. The molecule has 1 aliphatic heterocycles. The fraction of sp³-hybridized carbons (Fsp3) is 0.429. The van der Waals surface area contributed by atoms with Crippen LogP contribution in [0.2, 0.25) is 0 Å². The molecule has 0 radical (unpaired) electrons. The number of anilines is 2. The van der Waals surface area contributed by atoms with Crippen LogP contribution >= 0.6 is 0 Å². The molecule has 4 nitrogen and oxygen atoms in total. The topological polar surface area (TPSA) is 45.2 Å². The first kappa shape index (κ1) is 16.1. The summed E-state index contributed by atoms with van der Waals surface area (Å²) in [4.78, 5) is 19.2. The Morgan fingerprint density at radius 3 is 2.72 bits per heavy atom. The van der Waals surface area contributed by atoms with Gasteiger partial charge < -0.3 is 10.2 Å². The van der Waals surface area contributed by atoms with Gasteiger partial charge in [-0.3, -0.25) is 9.78 Å². The van der Waals surface area contributed by atoms with Crippen molar-refractivity contribution in [2.24, 2.45) is 0 Å². The maximum atomic E-state index is 12.6. The lowest BCUT2D eigenvalue weighted by Gasteiger charge is -2.20. The number of para-hydroxylation sites is 1. The summed E-state index contributed by atoms with van der Waals surface area (Å²) in [6.07, 6.45) is 9.96. The van der Waals surface area contributed by atoms with Crippen molar-refractivity contribution in [1.82, 2.24) is 10.3 Å². The molecule has 4 rings (SSSR count). The fourth-order valence-electron chi connectivity index (χ4n) is 4.00. The van der Waals surface area contributed by atoms with Crippen LogP contribution < -0.4 is 10.2 Å². The maximum Gasteiger partial charge on any atom is 0.270 e. The Balaban J connectivity index is 1.51. The second-order valence-corrected chi connectivity index (χ2v) is 7.09. The van der Waals surface area contributed by atoms with Crippen LogP contribution in [0.5, 0.6) is 0 Å². The number of rotatable bonds is 3. The first-order valence-electron chi connectivity index (χ1n) is 9.43. The summed E-state index contributed by atoms with van der Waals surface area (Å²) in [5, 5.41) is 3.19. The molecule has 1 saturated carbocycles. The van der Waals surface area contributed by atoms with E-state index in [1.807, 2.05) is 12.1 Å². The molecule has 2 aromatic rings. The third-order valence-corrected chi connectivity index (χ3v) is 5.37. The summed E-state index contributed by atoms with van der Waals surface area (Å²) in [5.41, 5.74) is 4.17. The molecule has 4 heteroatoms. The average molecular weight is 335 g/mol. The zero-order valence-electron chi connectivity index (χ0n) is 14.6. The molecule has 2 aliphatic rings. The zero-order chi connectivity index (χ0) is 17.1. The minimum Gasteiger partial charge on any atom is -0.348 e. The number of nitrogens with one attached hydrogen (secondary N) is 1. The Bertz CT molecular complexity index is 750. The third kappa shape index (κ3) is 3.53. The number of benzene rings is 1. The van der Waals surface area contributed by atoms with Crippen molar-refractivity contribution in [3.8, 4) is 0 Å². The van der Waals surface area contributed by atoms with Crippen molar-refractivity contribution in [3.63, 3.8) is 0 Å². The third-order valence-electron chi connectivity index (χ3n) is 5.37. The molecule has 1 fully saturated rings. The minimum absolute atomic E-state index is 0.0405. The van der Waals surface area contributed by atoms with Gasteiger partial charge in [0.15, 0.2) is 0 Å². The number of carbonyl (C=O) groups is 1. The van der Waals surface area contributed by atoms with Crippen LogP contribution in [0.1, 0.15) is 54.6 Å². The van der Waals surface area contributed by atoms with E-state index in [1.165, 1.54) is 36.9 Å². The van der Waals surface area contributed by atoms with Crippen molar-refractivity contribution in [3.05, 3.63) is 53.9 Å². The molecule has 25 heavy (non-hydrogen) atoms. The lowest BCUT2D eigenvalue weighted by molar-refractivity contribution is 0.0928.